The summed E-state index contributed by atoms with van der Waals surface area (Å²) in [5.41, 5.74) is 0.892. The van der Waals surface area contributed by atoms with Gasteiger partial charge in [-0.3, -0.25) is 4.99 Å². The van der Waals surface area contributed by atoms with E-state index < -0.39 is 0 Å². The van der Waals surface area contributed by atoms with Gasteiger partial charge in [0.1, 0.15) is 0 Å². The van der Waals surface area contributed by atoms with E-state index in [0.29, 0.717) is 29.7 Å². The highest BCUT2D eigenvalue weighted by atomic mass is 35.5. The van der Waals surface area contributed by atoms with Gasteiger partial charge in [-0.15, -0.1) is 0 Å². The average molecular weight is 376 g/mol. The molecule has 2 heterocycles. The molecule has 1 N–H and O–H groups in total. The van der Waals surface area contributed by atoms with Crippen LogP contribution in [0.3, 0.4) is 0 Å². The second-order valence-corrected chi connectivity index (χ2v) is 7.11. The number of likely N-dealkylation sites (tertiary alicyclic amines) is 1. The first-order valence-electron chi connectivity index (χ1n) is 9.27. The van der Waals surface area contributed by atoms with E-state index in [1.165, 1.54) is 12.8 Å². The summed E-state index contributed by atoms with van der Waals surface area (Å²) in [7, 11) is 0. The minimum Gasteiger partial charge on any atom is -0.357 e. The smallest absolute Gasteiger partial charge is 0.228 e. The predicted molar refractivity (Wildman–Crippen MR) is 104 cm³/mol. The number of hydrogen-bond acceptors (Lipinski definition) is 4. The summed E-state index contributed by atoms with van der Waals surface area (Å²) >= 11 is 5.91. The number of aliphatic imine (C=N–C) groups is 1. The Morgan fingerprint density at radius 1 is 1.31 bits per heavy atom. The number of rotatable bonds is 5. The van der Waals surface area contributed by atoms with Gasteiger partial charge in [-0.05, 0) is 49.9 Å². The van der Waals surface area contributed by atoms with Crippen LogP contribution < -0.4 is 5.32 Å². The first-order chi connectivity index (χ1) is 12.7. The Hall–Kier alpha value is -2.08. The third kappa shape index (κ3) is 4.97. The summed E-state index contributed by atoms with van der Waals surface area (Å²) in [6.45, 7) is 8.03. The standard InChI is InChI=1S/C19H26ClN5O/c1-3-21-19(25-12-9-14(2)10-13-25)22-11-8-17-23-18(24-26-17)15-4-6-16(20)7-5-15/h4-7,14H,3,8-13H2,1-2H3,(H,21,22). The van der Waals surface area contributed by atoms with Gasteiger partial charge in [0.25, 0.3) is 0 Å². The molecule has 1 aromatic heterocycles. The summed E-state index contributed by atoms with van der Waals surface area (Å²) in [5.74, 6) is 2.97. The zero-order chi connectivity index (χ0) is 18.4. The molecule has 0 atom stereocenters. The summed E-state index contributed by atoms with van der Waals surface area (Å²) in [6.07, 6.45) is 3.07. The molecule has 1 fully saturated rings. The van der Waals surface area contributed by atoms with E-state index in [-0.39, 0.29) is 0 Å². The van der Waals surface area contributed by atoms with Crippen molar-refractivity contribution in [1.82, 2.24) is 20.4 Å². The highest BCUT2D eigenvalue weighted by Gasteiger charge is 2.18. The van der Waals surface area contributed by atoms with Crippen molar-refractivity contribution in [3.63, 3.8) is 0 Å². The van der Waals surface area contributed by atoms with Crippen molar-refractivity contribution in [2.75, 3.05) is 26.2 Å². The molecule has 0 unspecified atom stereocenters. The first-order valence-corrected chi connectivity index (χ1v) is 9.65. The second-order valence-electron chi connectivity index (χ2n) is 6.67. The van der Waals surface area contributed by atoms with E-state index >= 15 is 0 Å². The largest absolute Gasteiger partial charge is 0.357 e. The van der Waals surface area contributed by atoms with Crippen LogP contribution in [0.5, 0.6) is 0 Å². The van der Waals surface area contributed by atoms with Crippen LogP contribution in [0.25, 0.3) is 11.4 Å². The molecule has 1 aromatic carbocycles. The van der Waals surface area contributed by atoms with Crippen LogP contribution in [0.1, 0.15) is 32.6 Å². The quantitative estimate of drug-likeness (QED) is 0.638. The van der Waals surface area contributed by atoms with E-state index in [0.717, 1.165) is 37.1 Å². The molecule has 1 aliphatic rings. The lowest BCUT2D eigenvalue weighted by Gasteiger charge is -2.32. The summed E-state index contributed by atoms with van der Waals surface area (Å²) < 4.78 is 5.35. The van der Waals surface area contributed by atoms with Gasteiger partial charge in [0.05, 0.1) is 6.54 Å². The fraction of sp³-hybridized carbons (Fsp3) is 0.526. The topological polar surface area (TPSA) is 66.5 Å². The Morgan fingerprint density at radius 3 is 2.73 bits per heavy atom. The normalized spacial score (nSPS) is 16.1. The van der Waals surface area contributed by atoms with Crippen LogP contribution in [0.4, 0.5) is 0 Å². The summed E-state index contributed by atoms with van der Waals surface area (Å²) in [5, 5.41) is 8.12. The van der Waals surface area contributed by atoms with Gasteiger partial charge in [-0.25, -0.2) is 0 Å². The Kier molecular flexibility index (Phi) is 6.50. The first kappa shape index (κ1) is 18.7. The molecule has 1 saturated heterocycles. The van der Waals surface area contributed by atoms with Crippen LogP contribution in [0, 0.1) is 5.92 Å². The molecule has 0 bridgehead atoms. The number of guanidine groups is 1. The van der Waals surface area contributed by atoms with Crippen LogP contribution in [-0.4, -0.2) is 47.2 Å². The zero-order valence-electron chi connectivity index (χ0n) is 15.4. The maximum Gasteiger partial charge on any atom is 0.228 e. The van der Waals surface area contributed by atoms with E-state index in [1.807, 2.05) is 24.3 Å². The fourth-order valence-corrected chi connectivity index (χ4v) is 3.10. The minimum atomic E-state index is 0.581. The number of halogens is 1. The molecule has 6 nitrogen and oxygen atoms in total. The molecule has 2 aromatic rings. The van der Waals surface area contributed by atoms with Crippen molar-refractivity contribution >= 4 is 17.6 Å². The Bertz CT molecular complexity index is 720. The number of benzene rings is 1. The van der Waals surface area contributed by atoms with Crippen LogP contribution >= 0.6 is 11.6 Å². The van der Waals surface area contributed by atoms with E-state index in [2.05, 4.69) is 34.2 Å². The molecule has 26 heavy (non-hydrogen) atoms. The molecule has 0 amide bonds. The monoisotopic (exact) mass is 375 g/mol. The van der Waals surface area contributed by atoms with Crippen LogP contribution in [0.2, 0.25) is 5.02 Å². The Morgan fingerprint density at radius 2 is 2.04 bits per heavy atom. The lowest BCUT2D eigenvalue weighted by Crippen LogP contribution is -2.45. The van der Waals surface area contributed by atoms with Crippen LogP contribution in [0.15, 0.2) is 33.8 Å². The van der Waals surface area contributed by atoms with Gasteiger partial charge in [0.15, 0.2) is 5.96 Å². The maximum absolute atomic E-state index is 5.91. The average Bonchev–Trinajstić information content (AvgIpc) is 3.11. The highest BCUT2D eigenvalue weighted by molar-refractivity contribution is 6.30. The fourth-order valence-electron chi connectivity index (χ4n) is 2.98. The van der Waals surface area contributed by atoms with E-state index in [9.17, 15) is 0 Å². The molecule has 0 aliphatic carbocycles. The zero-order valence-corrected chi connectivity index (χ0v) is 16.2. The van der Waals surface area contributed by atoms with Crippen molar-refractivity contribution in [2.45, 2.75) is 33.1 Å². The summed E-state index contributed by atoms with van der Waals surface area (Å²) in [4.78, 5) is 11.5. The molecule has 7 heteroatoms. The molecule has 0 saturated carbocycles. The van der Waals surface area contributed by atoms with Crippen molar-refractivity contribution in [3.8, 4) is 11.4 Å². The van der Waals surface area contributed by atoms with E-state index in [1.54, 1.807) is 0 Å². The number of piperidine rings is 1. The number of hydrogen-bond donors (Lipinski definition) is 1. The molecule has 0 spiro atoms. The van der Waals surface area contributed by atoms with Gasteiger partial charge in [0, 0.05) is 36.6 Å². The highest BCUT2D eigenvalue weighted by Crippen LogP contribution is 2.19. The second kappa shape index (κ2) is 9.03. The molecule has 3 rings (SSSR count). The third-order valence-electron chi connectivity index (χ3n) is 4.58. The molecule has 0 radical (unpaired) electrons. The van der Waals surface area contributed by atoms with Gasteiger partial charge >= 0.3 is 0 Å². The minimum absolute atomic E-state index is 0.581. The van der Waals surface area contributed by atoms with E-state index in [4.69, 9.17) is 21.1 Å². The Balaban J connectivity index is 1.58. The lowest BCUT2D eigenvalue weighted by atomic mass is 10.00. The maximum atomic E-state index is 5.91. The molecule has 140 valence electrons. The third-order valence-corrected chi connectivity index (χ3v) is 4.83. The molecule has 1 aliphatic heterocycles. The van der Waals surface area contributed by atoms with Crippen molar-refractivity contribution in [3.05, 3.63) is 35.2 Å². The van der Waals surface area contributed by atoms with Gasteiger partial charge in [-0.2, -0.15) is 4.98 Å². The van der Waals surface area contributed by atoms with Gasteiger partial charge in [0.2, 0.25) is 11.7 Å². The summed E-state index contributed by atoms with van der Waals surface area (Å²) in [6, 6.07) is 7.41. The van der Waals surface area contributed by atoms with Crippen molar-refractivity contribution in [1.29, 1.82) is 0 Å². The van der Waals surface area contributed by atoms with Crippen molar-refractivity contribution in [2.24, 2.45) is 10.9 Å². The predicted octanol–water partition coefficient (Wildman–Crippen LogP) is 3.63. The van der Waals surface area contributed by atoms with Gasteiger partial charge < -0.3 is 14.7 Å². The molecular formula is C19H26ClN5O. The Labute approximate surface area is 159 Å². The number of aromatic nitrogens is 2. The van der Waals surface area contributed by atoms with Gasteiger partial charge in [-0.1, -0.05) is 23.7 Å². The molecular weight excluding hydrogens is 350 g/mol. The van der Waals surface area contributed by atoms with Crippen LogP contribution in [-0.2, 0) is 6.42 Å². The SMILES string of the molecule is CCNC(=NCCc1nc(-c2ccc(Cl)cc2)no1)N1CCC(C)CC1. The number of nitrogens with zero attached hydrogens (tertiary/aromatic N) is 4. The van der Waals surface area contributed by atoms with Crippen molar-refractivity contribution < 1.29 is 4.52 Å². The number of nitrogens with one attached hydrogen (secondary N) is 1. The lowest BCUT2D eigenvalue weighted by molar-refractivity contribution is 0.273.